The number of halogens is 1. The van der Waals surface area contributed by atoms with E-state index in [0.29, 0.717) is 22.4 Å². The molecule has 0 fully saturated rings. The second kappa shape index (κ2) is 6.11. The van der Waals surface area contributed by atoms with Crippen molar-refractivity contribution in [3.8, 4) is 0 Å². The van der Waals surface area contributed by atoms with Gasteiger partial charge in [0, 0.05) is 19.8 Å². The smallest absolute Gasteiger partial charge is 0.268 e. The summed E-state index contributed by atoms with van der Waals surface area (Å²) in [7, 11) is 1.70. The Morgan fingerprint density at radius 1 is 1.19 bits per heavy atom. The van der Waals surface area contributed by atoms with Gasteiger partial charge >= 0.3 is 0 Å². The fourth-order valence-electron chi connectivity index (χ4n) is 2.91. The van der Waals surface area contributed by atoms with Crippen molar-refractivity contribution < 1.29 is 9.18 Å². The van der Waals surface area contributed by atoms with Crippen LogP contribution in [-0.4, -0.2) is 19.9 Å². The lowest BCUT2D eigenvalue weighted by atomic mass is 10.2. The molecule has 0 aliphatic heterocycles. The molecule has 0 unspecified atom stereocenters. The molecule has 0 atom stereocenters. The number of aromatic nitrogens is 3. The van der Waals surface area contributed by atoms with Gasteiger partial charge in [-0.3, -0.25) is 14.0 Å². The van der Waals surface area contributed by atoms with Gasteiger partial charge in [0.05, 0.1) is 5.39 Å². The Bertz CT molecular complexity index is 1190. The van der Waals surface area contributed by atoms with Crippen LogP contribution >= 0.6 is 0 Å². The molecule has 0 saturated heterocycles. The second-order valence-corrected chi connectivity index (χ2v) is 5.98. The minimum atomic E-state index is -0.330. The topological polar surface area (TPSA) is 68.4 Å². The van der Waals surface area contributed by atoms with E-state index in [2.05, 4.69) is 10.3 Å². The number of nitrogens with zero attached hydrogens (tertiary/aromatic N) is 3. The average molecular weight is 350 g/mol. The molecule has 6 nitrogen and oxygen atoms in total. The Kier molecular flexibility index (Phi) is 3.76. The molecule has 1 aromatic carbocycles. The molecular weight excluding hydrogens is 335 g/mol. The molecule has 3 heterocycles. The van der Waals surface area contributed by atoms with Gasteiger partial charge in [-0.15, -0.1) is 0 Å². The zero-order valence-electron chi connectivity index (χ0n) is 13.9. The Labute approximate surface area is 147 Å². The Balaban J connectivity index is 1.69. The third-order valence-corrected chi connectivity index (χ3v) is 4.31. The standard InChI is InChI=1S/C19H15FN4O2/c1-23-15(18(25)21-11-12-5-7-13(20)8-6-12)10-14-17(23)22-16-4-2-3-9-24(16)19(14)26/h2-10H,11H2,1H3,(H,21,25). The maximum Gasteiger partial charge on any atom is 0.268 e. The van der Waals surface area contributed by atoms with E-state index < -0.39 is 0 Å². The van der Waals surface area contributed by atoms with Crippen LogP contribution in [0, 0.1) is 5.82 Å². The van der Waals surface area contributed by atoms with Gasteiger partial charge in [0.25, 0.3) is 11.5 Å². The minimum absolute atomic E-state index is 0.223. The molecule has 0 aliphatic carbocycles. The van der Waals surface area contributed by atoms with E-state index in [1.165, 1.54) is 16.5 Å². The monoisotopic (exact) mass is 350 g/mol. The summed E-state index contributed by atoms with van der Waals surface area (Å²) in [6.07, 6.45) is 1.64. The summed E-state index contributed by atoms with van der Waals surface area (Å²) >= 11 is 0. The van der Waals surface area contributed by atoms with Gasteiger partial charge < -0.3 is 9.88 Å². The quantitative estimate of drug-likeness (QED) is 0.616. The van der Waals surface area contributed by atoms with Crippen molar-refractivity contribution in [3.63, 3.8) is 0 Å². The molecule has 26 heavy (non-hydrogen) atoms. The normalized spacial score (nSPS) is 11.2. The molecule has 1 N–H and O–H groups in total. The van der Waals surface area contributed by atoms with Crippen LogP contribution in [0.1, 0.15) is 16.1 Å². The van der Waals surface area contributed by atoms with Crippen molar-refractivity contribution in [2.24, 2.45) is 7.05 Å². The van der Waals surface area contributed by atoms with Crippen LogP contribution in [0.2, 0.25) is 0 Å². The number of nitrogens with one attached hydrogen (secondary N) is 1. The third kappa shape index (κ3) is 2.63. The highest BCUT2D eigenvalue weighted by Crippen LogP contribution is 2.15. The number of hydrogen-bond donors (Lipinski definition) is 1. The first-order valence-corrected chi connectivity index (χ1v) is 8.04. The van der Waals surface area contributed by atoms with Crippen LogP contribution in [0.25, 0.3) is 16.7 Å². The van der Waals surface area contributed by atoms with Gasteiger partial charge in [0.2, 0.25) is 0 Å². The van der Waals surface area contributed by atoms with Crippen LogP contribution < -0.4 is 10.9 Å². The van der Waals surface area contributed by atoms with E-state index in [9.17, 15) is 14.0 Å². The van der Waals surface area contributed by atoms with Gasteiger partial charge in [-0.05, 0) is 35.9 Å². The lowest BCUT2D eigenvalue weighted by molar-refractivity contribution is 0.0943. The number of aryl methyl sites for hydroxylation is 1. The Morgan fingerprint density at radius 3 is 2.73 bits per heavy atom. The van der Waals surface area contributed by atoms with E-state index >= 15 is 0 Å². The molecule has 7 heteroatoms. The predicted octanol–water partition coefficient (Wildman–Crippen LogP) is 2.26. The second-order valence-electron chi connectivity index (χ2n) is 5.98. The highest BCUT2D eigenvalue weighted by Gasteiger charge is 2.17. The van der Waals surface area contributed by atoms with Crippen LogP contribution in [-0.2, 0) is 13.6 Å². The maximum atomic E-state index is 12.9. The lowest BCUT2D eigenvalue weighted by Crippen LogP contribution is -2.24. The molecule has 4 rings (SSSR count). The molecule has 130 valence electrons. The van der Waals surface area contributed by atoms with Crippen LogP contribution in [0.3, 0.4) is 0 Å². The number of fused-ring (bicyclic) bond motifs is 2. The summed E-state index contributed by atoms with van der Waals surface area (Å²) < 4.78 is 16.0. The number of carbonyl (C=O) groups excluding carboxylic acids is 1. The first-order valence-electron chi connectivity index (χ1n) is 8.04. The number of hydrogen-bond acceptors (Lipinski definition) is 3. The number of rotatable bonds is 3. The molecule has 0 aliphatic rings. The molecule has 1 amide bonds. The highest BCUT2D eigenvalue weighted by atomic mass is 19.1. The Morgan fingerprint density at radius 2 is 1.96 bits per heavy atom. The fourth-order valence-corrected chi connectivity index (χ4v) is 2.91. The zero-order valence-corrected chi connectivity index (χ0v) is 13.9. The van der Waals surface area contributed by atoms with E-state index in [4.69, 9.17) is 0 Å². The van der Waals surface area contributed by atoms with Crippen molar-refractivity contribution in [2.75, 3.05) is 0 Å². The maximum absolute atomic E-state index is 12.9. The molecule has 0 saturated carbocycles. The van der Waals surface area contributed by atoms with Crippen LogP contribution in [0.5, 0.6) is 0 Å². The van der Waals surface area contributed by atoms with E-state index in [0.717, 1.165) is 5.56 Å². The third-order valence-electron chi connectivity index (χ3n) is 4.31. The molecule has 4 aromatic rings. The van der Waals surface area contributed by atoms with Gasteiger partial charge in [-0.2, -0.15) is 0 Å². The van der Waals surface area contributed by atoms with E-state index in [1.807, 2.05) is 0 Å². The largest absolute Gasteiger partial charge is 0.347 e. The molecule has 0 bridgehead atoms. The first-order chi connectivity index (χ1) is 12.5. The van der Waals surface area contributed by atoms with Crippen molar-refractivity contribution in [1.82, 2.24) is 19.3 Å². The predicted molar refractivity (Wildman–Crippen MR) is 95.5 cm³/mol. The summed E-state index contributed by atoms with van der Waals surface area (Å²) in [5.74, 6) is -0.657. The lowest BCUT2D eigenvalue weighted by Gasteiger charge is -2.06. The number of carbonyl (C=O) groups is 1. The van der Waals surface area contributed by atoms with Gasteiger partial charge in [-0.1, -0.05) is 18.2 Å². The molecule has 0 radical (unpaired) electrons. The van der Waals surface area contributed by atoms with Crippen molar-refractivity contribution in [3.05, 3.63) is 82.2 Å². The minimum Gasteiger partial charge on any atom is -0.347 e. The zero-order chi connectivity index (χ0) is 18.3. The summed E-state index contributed by atoms with van der Waals surface area (Å²) in [4.78, 5) is 29.6. The van der Waals surface area contributed by atoms with Crippen molar-refractivity contribution in [2.45, 2.75) is 6.54 Å². The highest BCUT2D eigenvalue weighted by molar-refractivity contribution is 5.98. The first kappa shape index (κ1) is 16.0. The molecule has 0 spiro atoms. The summed E-state index contributed by atoms with van der Waals surface area (Å²) in [6, 6.07) is 12.7. The van der Waals surface area contributed by atoms with E-state index in [1.54, 1.807) is 54.2 Å². The molecule has 3 aromatic heterocycles. The fraction of sp³-hybridized carbons (Fsp3) is 0.105. The van der Waals surface area contributed by atoms with Crippen molar-refractivity contribution in [1.29, 1.82) is 0 Å². The van der Waals surface area contributed by atoms with E-state index in [-0.39, 0.29) is 23.8 Å². The summed E-state index contributed by atoms with van der Waals surface area (Å²) in [6.45, 7) is 0.259. The number of amides is 1. The Hall–Kier alpha value is -3.48. The average Bonchev–Trinajstić information content (AvgIpc) is 2.98. The number of benzene rings is 1. The summed E-state index contributed by atoms with van der Waals surface area (Å²) in [5, 5.41) is 3.16. The van der Waals surface area contributed by atoms with Gasteiger partial charge in [0.1, 0.15) is 22.8 Å². The molecular formula is C19H15FN4O2. The van der Waals surface area contributed by atoms with Crippen LogP contribution in [0.15, 0.2) is 59.5 Å². The SMILES string of the molecule is Cn1c(C(=O)NCc2ccc(F)cc2)cc2c(=O)n3ccccc3nc21. The van der Waals surface area contributed by atoms with Crippen LogP contribution in [0.4, 0.5) is 4.39 Å². The number of pyridine rings is 1. The summed E-state index contributed by atoms with van der Waals surface area (Å²) in [5.41, 5.74) is 1.86. The van der Waals surface area contributed by atoms with Crippen molar-refractivity contribution >= 4 is 22.6 Å². The van der Waals surface area contributed by atoms with Gasteiger partial charge in [0.15, 0.2) is 0 Å². The van der Waals surface area contributed by atoms with Gasteiger partial charge in [-0.25, -0.2) is 9.37 Å².